The smallest absolute Gasteiger partial charge is 0.193 e. The second kappa shape index (κ2) is 5.43. The van der Waals surface area contributed by atoms with Crippen LogP contribution >= 0.6 is 0 Å². The molecule has 0 spiro atoms. The zero-order chi connectivity index (χ0) is 11.4. The molecular formula is C11H21O3Si. The van der Waals surface area contributed by atoms with Gasteiger partial charge in [-0.05, 0) is 33.6 Å². The van der Waals surface area contributed by atoms with Gasteiger partial charge in [0.1, 0.15) is 5.22 Å². The van der Waals surface area contributed by atoms with Crippen LogP contribution in [-0.4, -0.2) is 41.1 Å². The van der Waals surface area contributed by atoms with Gasteiger partial charge in [0, 0.05) is 26.2 Å². The molecule has 0 bridgehead atoms. The molecule has 1 unspecified atom stereocenters. The lowest BCUT2D eigenvalue weighted by Crippen LogP contribution is -2.56. The Hall–Kier alpha value is 0.0969. The van der Waals surface area contributed by atoms with E-state index >= 15 is 0 Å². The third-order valence-corrected chi connectivity index (χ3v) is 3.57. The highest BCUT2D eigenvalue weighted by Gasteiger charge is 2.54. The van der Waals surface area contributed by atoms with E-state index in [9.17, 15) is 0 Å². The van der Waals surface area contributed by atoms with Crippen LogP contribution < -0.4 is 0 Å². The summed E-state index contributed by atoms with van der Waals surface area (Å²) in [6, 6.07) is 0. The van der Waals surface area contributed by atoms with E-state index in [4.69, 9.17) is 14.2 Å². The normalized spacial score (nSPS) is 29.6. The van der Waals surface area contributed by atoms with Gasteiger partial charge in [0.2, 0.25) is 0 Å². The maximum Gasteiger partial charge on any atom is 0.193 e. The Labute approximate surface area is 95.9 Å². The van der Waals surface area contributed by atoms with Crippen LogP contribution in [0.1, 0.15) is 40.0 Å². The van der Waals surface area contributed by atoms with Gasteiger partial charge in [-0.1, -0.05) is 0 Å². The molecule has 1 saturated carbocycles. The molecule has 15 heavy (non-hydrogen) atoms. The maximum atomic E-state index is 5.80. The van der Waals surface area contributed by atoms with Crippen molar-refractivity contribution in [2.75, 3.05) is 19.8 Å². The molecule has 1 aliphatic carbocycles. The summed E-state index contributed by atoms with van der Waals surface area (Å²) in [6.45, 7) is 7.89. The third-order valence-electron chi connectivity index (χ3n) is 2.80. The second-order valence-corrected chi connectivity index (χ2v) is 4.54. The fourth-order valence-corrected chi connectivity index (χ4v) is 2.87. The van der Waals surface area contributed by atoms with Gasteiger partial charge in [0.05, 0.1) is 10.2 Å². The first-order valence-corrected chi connectivity index (χ1v) is 6.31. The van der Waals surface area contributed by atoms with Crippen LogP contribution in [0.4, 0.5) is 0 Å². The van der Waals surface area contributed by atoms with Gasteiger partial charge in [-0.15, -0.1) is 0 Å². The minimum Gasteiger partial charge on any atom is -0.374 e. The summed E-state index contributed by atoms with van der Waals surface area (Å²) in [6.07, 6.45) is 2.87. The van der Waals surface area contributed by atoms with Crippen molar-refractivity contribution < 1.29 is 14.2 Å². The average Bonchev–Trinajstić information content (AvgIpc) is 2.46. The Morgan fingerprint density at radius 2 is 1.47 bits per heavy atom. The molecule has 1 atom stereocenters. The quantitative estimate of drug-likeness (QED) is 0.514. The van der Waals surface area contributed by atoms with Crippen molar-refractivity contribution >= 4 is 10.2 Å². The first-order chi connectivity index (χ1) is 7.14. The lowest BCUT2D eigenvalue weighted by molar-refractivity contribution is -0.290. The van der Waals surface area contributed by atoms with Gasteiger partial charge >= 0.3 is 0 Å². The Bertz CT molecular complexity index is 192. The first-order valence-electron chi connectivity index (χ1n) is 5.81. The minimum atomic E-state index is -0.608. The molecule has 0 N–H and O–H groups in total. The van der Waals surface area contributed by atoms with E-state index in [-0.39, 0.29) is 0 Å². The highest BCUT2D eigenvalue weighted by Crippen LogP contribution is 2.43. The molecule has 3 radical (unpaired) electrons. The molecule has 0 saturated heterocycles. The molecule has 1 aliphatic rings. The molecule has 0 amide bonds. The van der Waals surface area contributed by atoms with Crippen LogP contribution in [0.5, 0.6) is 0 Å². The summed E-state index contributed by atoms with van der Waals surface area (Å²) in [5, 5.41) is -0.478. The summed E-state index contributed by atoms with van der Waals surface area (Å²) in [4.78, 5) is 0. The number of hydrogen-bond acceptors (Lipinski definition) is 3. The predicted octanol–water partition coefficient (Wildman–Crippen LogP) is 1.84. The van der Waals surface area contributed by atoms with E-state index < -0.39 is 11.0 Å². The van der Waals surface area contributed by atoms with Crippen molar-refractivity contribution in [2.45, 2.75) is 51.0 Å². The van der Waals surface area contributed by atoms with E-state index in [1.165, 1.54) is 0 Å². The molecule has 0 aromatic rings. The van der Waals surface area contributed by atoms with E-state index in [0.717, 1.165) is 19.3 Å². The standard InChI is InChI=1S/C11H21O3Si/c1-4-12-10(13-5-2)8-7-9-11(10,15)14-6-3/h4-9H2,1-3H3. The van der Waals surface area contributed by atoms with Crippen LogP contribution in [0.3, 0.4) is 0 Å². The topological polar surface area (TPSA) is 27.7 Å². The Morgan fingerprint density at radius 3 is 1.93 bits per heavy atom. The number of hydrogen-bond donors (Lipinski definition) is 0. The second-order valence-electron chi connectivity index (χ2n) is 3.73. The zero-order valence-corrected chi connectivity index (χ0v) is 11.0. The molecule has 0 aromatic carbocycles. The predicted molar refractivity (Wildman–Crippen MR) is 59.9 cm³/mol. The van der Waals surface area contributed by atoms with Crippen LogP contribution in [0, 0.1) is 0 Å². The van der Waals surface area contributed by atoms with Crippen LogP contribution in [0.15, 0.2) is 0 Å². The minimum absolute atomic E-state index is 0.478. The lowest BCUT2D eigenvalue weighted by atomic mass is 10.1. The van der Waals surface area contributed by atoms with Gasteiger partial charge in [0.25, 0.3) is 0 Å². The van der Waals surface area contributed by atoms with Gasteiger partial charge in [-0.3, -0.25) is 0 Å². The molecule has 0 aliphatic heterocycles. The largest absolute Gasteiger partial charge is 0.374 e. The third kappa shape index (κ3) is 2.44. The summed E-state index contributed by atoms with van der Waals surface area (Å²) in [5.41, 5.74) is 0. The molecule has 4 heteroatoms. The Balaban J connectivity index is 2.82. The van der Waals surface area contributed by atoms with E-state index in [0.29, 0.717) is 19.8 Å². The summed E-state index contributed by atoms with van der Waals surface area (Å²) in [5.74, 6) is -0.608. The van der Waals surface area contributed by atoms with E-state index in [2.05, 4.69) is 10.2 Å². The van der Waals surface area contributed by atoms with Gasteiger partial charge < -0.3 is 14.2 Å². The van der Waals surface area contributed by atoms with Crippen molar-refractivity contribution in [1.82, 2.24) is 0 Å². The van der Waals surface area contributed by atoms with E-state index in [1.54, 1.807) is 0 Å². The Kier molecular flexibility index (Phi) is 4.77. The van der Waals surface area contributed by atoms with Crippen LogP contribution in [0.25, 0.3) is 0 Å². The molecule has 1 fully saturated rings. The molecule has 0 aromatic heterocycles. The summed E-state index contributed by atoms with van der Waals surface area (Å²) in [7, 11) is 3.72. The molecular weight excluding hydrogens is 208 g/mol. The maximum absolute atomic E-state index is 5.80. The number of ether oxygens (including phenoxy) is 3. The first kappa shape index (κ1) is 13.2. The van der Waals surface area contributed by atoms with Gasteiger partial charge in [0.15, 0.2) is 5.79 Å². The molecule has 0 heterocycles. The van der Waals surface area contributed by atoms with E-state index in [1.807, 2.05) is 20.8 Å². The van der Waals surface area contributed by atoms with Crippen molar-refractivity contribution in [1.29, 1.82) is 0 Å². The van der Waals surface area contributed by atoms with Crippen molar-refractivity contribution in [2.24, 2.45) is 0 Å². The monoisotopic (exact) mass is 229 g/mol. The highest BCUT2D eigenvalue weighted by molar-refractivity contribution is 6.15. The van der Waals surface area contributed by atoms with Crippen molar-refractivity contribution in [3.63, 3.8) is 0 Å². The van der Waals surface area contributed by atoms with Crippen LogP contribution in [0.2, 0.25) is 0 Å². The summed E-state index contributed by atoms with van der Waals surface area (Å²) < 4.78 is 17.4. The average molecular weight is 229 g/mol. The molecule has 1 rings (SSSR count). The summed E-state index contributed by atoms with van der Waals surface area (Å²) >= 11 is 0. The van der Waals surface area contributed by atoms with Crippen LogP contribution in [-0.2, 0) is 14.2 Å². The Morgan fingerprint density at radius 1 is 0.933 bits per heavy atom. The van der Waals surface area contributed by atoms with Crippen molar-refractivity contribution in [3.8, 4) is 0 Å². The highest BCUT2D eigenvalue weighted by atomic mass is 28.1. The molecule has 3 nitrogen and oxygen atoms in total. The van der Waals surface area contributed by atoms with Gasteiger partial charge in [-0.2, -0.15) is 0 Å². The molecule has 87 valence electrons. The number of rotatable bonds is 6. The van der Waals surface area contributed by atoms with Crippen molar-refractivity contribution in [3.05, 3.63) is 0 Å². The zero-order valence-electron chi connectivity index (χ0n) is 9.97. The van der Waals surface area contributed by atoms with Gasteiger partial charge in [-0.25, -0.2) is 0 Å². The lowest BCUT2D eigenvalue weighted by Gasteiger charge is -2.42. The fraction of sp³-hybridized carbons (Fsp3) is 1.00. The SMILES string of the molecule is CCOC1([Si])CCCC1(OCC)OCC. The fourth-order valence-electron chi connectivity index (χ4n) is 2.28.